The summed E-state index contributed by atoms with van der Waals surface area (Å²) in [5.74, 6) is -1.02. The highest BCUT2D eigenvalue weighted by Crippen LogP contribution is 2.10. The molecule has 0 aromatic carbocycles. The highest BCUT2D eigenvalue weighted by Gasteiger charge is 2.24. The van der Waals surface area contributed by atoms with Gasteiger partial charge in [-0.25, -0.2) is 4.79 Å². The minimum Gasteiger partial charge on any atom is -0.469 e. The van der Waals surface area contributed by atoms with Crippen LogP contribution in [0.3, 0.4) is 0 Å². The fraction of sp³-hybridized carbons (Fsp3) is 0.769. The van der Waals surface area contributed by atoms with Crippen molar-refractivity contribution in [2.24, 2.45) is 0 Å². The van der Waals surface area contributed by atoms with Crippen molar-refractivity contribution in [3.05, 3.63) is 0 Å². The molecule has 0 aliphatic heterocycles. The van der Waals surface area contributed by atoms with Crippen LogP contribution in [0, 0.1) is 0 Å². The lowest BCUT2D eigenvalue weighted by Gasteiger charge is -2.26. The number of hydrogen-bond donors (Lipinski definition) is 0. The molecule has 0 heterocycles. The van der Waals surface area contributed by atoms with Crippen molar-refractivity contribution in [2.75, 3.05) is 26.8 Å². The van der Waals surface area contributed by atoms with Gasteiger partial charge in [-0.05, 0) is 27.7 Å². The van der Waals surface area contributed by atoms with Crippen LogP contribution in [0.15, 0.2) is 0 Å². The van der Waals surface area contributed by atoms with Crippen LogP contribution in [-0.4, -0.2) is 55.3 Å². The van der Waals surface area contributed by atoms with E-state index in [9.17, 15) is 14.4 Å². The van der Waals surface area contributed by atoms with E-state index in [1.54, 1.807) is 27.7 Å². The first-order chi connectivity index (χ1) is 9.19. The smallest absolute Gasteiger partial charge is 0.410 e. The van der Waals surface area contributed by atoms with Gasteiger partial charge in [0.05, 0.1) is 20.1 Å². The summed E-state index contributed by atoms with van der Waals surface area (Å²) in [6.45, 7) is 6.80. The van der Waals surface area contributed by atoms with Crippen molar-refractivity contribution in [3.63, 3.8) is 0 Å². The van der Waals surface area contributed by atoms with Gasteiger partial charge in [-0.3, -0.25) is 14.5 Å². The van der Waals surface area contributed by atoms with Crippen LogP contribution in [-0.2, 0) is 23.8 Å². The van der Waals surface area contributed by atoms with Crippen LogP contribution < -0.4 is 0 Å². The molecule has 20 heavy (non-hydrogen) atoms. The van der Waals surface area contributed by atoms with E-state index in [0.717, 1.165) is 4.90 Å². The Morgan fingerprint density at radius 3 is 2.15 bits per heavy atom. The Hall–Kier alpha value is -1.79. The van der Waals surface area contributed by atoms with Crippen LogP contribution in [0.5, 0.6) is 0 Å². The molecule has 0 N–H and O–H groups in total. The lowest BCUT2D eigenvalue weighted by Crippen LogP contribution is -2.41. The van der Waals surface area contributed by atoms with E-state index in [1.807, 2.05) is 0 Å². The van der Waals surface area contributed by atoms with Gasteiger partial charge >= 0.3 is 18.0 Å². The fourth-order valence-corrected chi connectivity index (χ4v) is 1.25. The van der Waals surface area contributed by atoms with Gasteiger partial charge in [0, 0.05) is 6.54 Å². The number of nitrogens with zero attached hydrogens (tertiary/aromatic N) is 1. The van der Waals surface area contributed by atoms with E-state index in [2.05, 4.69) is 4.74 Å². The maximum absolute atomic E-state index is 11.9. The molecule has 0 aliphatic rings. The normalized spacial score (nSPS) is 10.7. The summed E-state index contributed by atoms with van der Waals surface area (Å²) >= 11 is 0. The van der Waals surface area contributed by atoms with Gasteiger partial charge in [0.25, 0.3) is 0 Å². The van der Waals surface area contributed by atoms with Gasteiger partial charge in [0.2, 0.25) is 0 Å². The third kappa shape index (κ3) is 8.34. The maximum Gasteiger partial charge on any atom is 0.410 e. The monoisotopic (exact) mass is 289 g/mol. The van der Waals surface area contributed by atoms with Crippen molar-refractivity contribution in [2.45, 2.75) is 39.7 Å². The zero-order valence-electron chi connectivity index (χ0n) is 12.7. The second-order valence-electron chi connectivity index (χ2n) is 5.03. The Labute approximate surface area is 119 Å². The first-order valence-electron chi connectivity index (χ1n) is 6.40. The molecule has 1 amide bonds. The fourth-order valence-electron chi connectivity index (χ4n) is 1.25. The Morgan fingerprint density at radius 1 is 1.10 bits per heavy atom. The molecule has 0 aliphatic carbocycles. The predicted octanol–water partition coefficient (Wildman–Crippen LogP) is 1.35. The van der Waals surface area contributed by atoms with Gasteiger partial charge in [-0.2, -0.15) is 0 Å². The first kappa shape index (κ1) is 18.2. The van der Waals surface area contributed by atoms with Crippen LogP contribution in [0.25, 0.3) is 0 Å². The van der Waals surface area contributed by atoms with Crippen molar-refractivity contribution >= 4 is 18.0 Å². The summed E-state index contributed by atoms with van der Waals surface area (Å²) < 4.78 is 14.5. The number of amides is 1. The average molecular weight is 289 g/mol. The number of carbonyl (C=O) groups is 3. The molecule has 0 spiro atoms. The second-order valence-corrected chi connectivity index (χ2v) is 5.03. The van der Waals surface area contributed by atoms with Gasteiger partial charge in [-0.15, -0.1) is 0 Å². The highest BCUT2D eigenvalue weighted by atomic mass is 16.6. The summed E-state index contributed by atoms with van der Waals surface area (Å²) in [5.41, 5.74) is -0.685. The van der Waals surface area contributed by atoms with Gasteiger partial charge in [0.15, 0.2) is 0 Å². The standard InChI is InChI=1S/C13H23NO6/c1-6-19-11(16)9-14(8-7-10(15)18-5)12(17)20-13(2,3)4/h6-9H2,1-5H3. The van der Waals surface area contributed by atoms with Crippen molar-refractivity contribution in [1.82, 2.24) is 4.90 Å². The van der Waals surface area contributed by atoms with E-state index in [4.69, 9.17) is 9.47 Å². The molecule has 0 bridgehead atoms. The molecule has 0 aromatic heterocycles. The summed E-state index contributed by atoms with van der Waals surface area (Å²) in [6.07, 6.45) is -0.691. The van der Waals surface area contributed by atoms with Gasteiger partial charge in [-0.1, -0.05) is 0 Å². The summed E-state index contributed by atoms with van der Waals surface area (Å²) in [4.78, 5) is 35.6. The number of hydrogen-bond acceptors (Lipinski definition) is 6. The first-order valence-corrected chi connectivity index (χ1v) is 6.40. The predicted molar refractivity (Wildman–Crippen MR) is 71.1 cm³/mol. The number of methoxy groups -OCH3 is 1. The highest BCUT2D eigenvalue weighted by molar-refractivity contribution is 5.79. The van der Waals surface area contributed by atoms with E-state index in [1.165, 1.54) is 7.11 Å². The van der Waals surface area contributed by atoms with Crippen LogP contribution in [0.2, 0.25) is 0 Å². The molecule has 0 atom stereocenters. The molecule has 0 saturated heterocycles. The average Bonchev–Trinajstić information content (AvgIpc) is 2.31. The molecule has 0 aromatic rings. The molecular weight excluding hydrogens is 266 g/mol. The van der Waals surface area contributed by atoms with Crippen LogP contribution in [0.1, 0.15) is 34.1 Å². The third-order valence-corrected chi connectivity index (χ3v) is 2.09. The Balaban J connectivity index is 4.64. The topological polar surface area (TPSA) is 82.1 Å². The summed E-state index contributed by atoms with van der Waals surface area (Å²) in [5, 5.41) is 0. The molecule has 0 unspecified atom stereocenters. The van der Waals surface area contributed by atoms with Gasteiger partial charge in [0.1, 0.15) is 12.1 Å². The molecule has 7 heteroatoms. The van der Waals surface area contributed by atoms with Crippen molar-refractivity contribution in [3.8, 4) is 0 Å². The van der Waals surface area contributed by atoms with Crippen molar-refractivity contribution < 1.29 is 28.6 Å². The minimum atomic E-state index is -0.685. The van der Waals surface area contributed by atoms with E-state index < -0.39 is 23.6 Å². The summed E-state index contributed by atoms with van der Waals surface area (Å²) in [6, 6.07) is 0. The Bertz CT molecular complexity index is 347. The molecule has 116 valence electrons. The molecule has 0 saturated carbocycles. The van der Waals surface area contributed by atoms with E-state index in [0.29, 0.717) is 0 Å². The third-order valence-electron chi connectivity index (χ3n) is 2.09. The molecule has 0 fully saturated rings. The second kappa shape index (κ2) is 8.39. The van der Waals surface area contributed by atoms with Crippen LogP contribution >= 0.6 is 0 Å². The van der Waals surface area contributed by atoms with Crippen LogP contribution in [0.4, 0.5) is 4.79 Å². The summed E-state index contributed by atoms with van der Waals surface area (Å²) in [7, 11) is 1.26. The van der Waals surface area contributed by atoms with Crippen molar-refractivity contribution in [1.29, 1.82) is 0 Å². The lowest BCUT2D eigenvalue weighted by molar-refractivity contribution is -0.146. The Morgan fingerprint density at radius 2 is 1.70 bits per heavy atom. The number of ether oxygens (including phenoxy) is 3. The SMILES string of the molecule is CCOC(=O)CN(CCC(=O)OC)C(=O)OC(C)(C)C. The molecule has 0 rings (SSSR count). The maximum atomic E-state index is 11.9. The number of carbonyl (C=O) groups excluding carboxylic acids is 3. The molecular formula is C13H23NO6. The zero-order valence-corrected chi connectivity index (χ0v) is 12.7. The molecule has 0 radical (unpaired) electrons. The largest absolute Gasteiger partial charge is 0.469 e. The Kier molecular flexibility index (Phi) is 7.64. The number of rotatable bonds is 6. The number of esters is 2. The molecule has 7 nitrogen and oxygen atoms in total. The van der Waals surface area contributed by atoms with E-state index >= 15 is 0 Å². The van der Waals surface area contributed by atoms with Gasteiger partial charge < -0.3 is 14.2 Å². The lowest BCUT2D eigenvalue weighted by atomic mass is 10.2. The van der Waals surface area contributed by atoms with E-state index in [-0.39, 0.29) is 26.1 Å². The zero-order chi connectivity index (χ0) is 15.8. The minimum absolute atomic E-state index is 0.0187. The quantitative estimate of drug-likeness (QED) is 0.542.